The van der Waals surface area contributed by atoms with E-state index in [2.05, 4.69) is 32.1 Å². The molecule has 0 aliphatic carbocycles. The van der Waals surface area contributed by atoms with Crippen molar-refractivity contribution in [3.8, 4) is 11.3 Å². The van der Waals surface area contributed by atoms with Gasteiger partial charge in [0.15, 0.2) is 0 Å². The summed E-state index contributed by atoms with van der Waals surface area (Å²) in [5.74, 6) is 0.894. The highest BCUT2D eigenvalue weighted by Crippen LogP contribution is 2.21. The molecule has 108 valence electrons. The summed E-state index contributed by atoms with van der Waals surface area (Å²) >= 11 is 0. The van der Waals surface area contributed by atoms with Crippen LogP contribution < -0.4 is 0 Å². The summed E-state index contributed by atoms with van der Waals surface area (Å²) in [7, 11) is 0. The smallest absolute Gasteiger partial charge is 0.133 e. The molecule has 0 fully saturated rings. The molecule has 0 atom stereocenters. The first-order chi connectivity index (χ1) is 9.81. The lowest BCUT2D eigenvalue weighted by atomic mass is 10.1. The summed E-state index contributed by atoms with van der Waals surface area (Å²) in [6.07, 6.45) is 7.01. The number of rotatable bonds is 5. The van der Waals surface area contributed by atoms with E-state index in [4.69, 9.17) is 9.15 Å². The average molecular weight is 272 g/mol. The Morgan fingerprint density at radius 1 is 1.10 bits per heavy atom. The molecule has 1 heterocycles. The van der Waals surface area contributed by atoms with Crippen LogP contribution in [0.15, 0.2) is 53.2 Å². The second kappa shape index (κ2) is 10.0. The average Bonchev–Trinajstić information content (AvgIpc) is 2.99. The molecule has 2 rings (SSSR count). The third kappa shape index (κ3) is 5.89. The van der Waals surface area contributed by atoms with Crippen LogP contribution in [0.25, 0.3) is 17.4 Å². The lowest BCUT2D eigenvalue weighted by molar-refractivity contribution is 0.178. The van der Waals surface area contributed by atoms with E-state index in [-0.39, 0.29) is 0 Å². The Bertz CT molecular complexity index is 484. The topological polar surface area (TPSA) is 22.4 Å². The monoisotopic (exact) mass is 272 g/mol. The molecular weight excluding hydrogens is 248 g/mol. The highest BCUT2D eigenvalue weighted by atomic mass is 16.5. The Kier molecular flexibility index (Phi) is 8.16. The maximum atomic E-state index is 5.37. The molecule has 0 bridgehead atoms. The van der Waals surface area contributed by atoms with Crippen LogP contribution in [-0.4, -0.2) is 13.2 Å². The van der Waals surface area contributed by atoms with Gasteiger partial charge in [0.2, 0.25) is 0 Å². The van der Waals surface area contributed by atoms with Gasteiger partial charge < -0.3 is 9.15 Å². The first-order valence-corrected chi connectivity index (χ1v) is 7.20. The Hall–Kier alpha value is -1.80. The summed E-state index contributed by atoms with van der Waals surface area (Å²) in [5.41, 5.74) is 2.24. The largest absolute Gasteiger partial charge is 0.464 e. The Labute approximate surface area is 122 Å². The molecule has 1 aromatic carbocycles. The van der Waals surface area contributed by atoms with Crippen LogP contribution in [-0.2, 0) is 4.74 Å². The normalized spacial score (nSPS) is 10.3. The minimum atomic E-state index is 0.654. The van der Waals surface area contributed by atoms with Gasteiger partial charge in [-0.3, -0.25) is 0 Å². The van der Waals surface area contributed by atoms with Crippen molar-refractivity contribution in [3.63, 3.8) is 0 Å². The Morgan fingerprint density at radius 3 is 2.55 bits per heavy atom. The molecule has 20 heavy (non-hydrogen) atoms. The molecule has 2 heteroatoms. The summed E-state index contributed by atoms with van der Waals surface area (Å²) in [6.45, 7) is 7.64. The number of hydrogen-bond acceptors (Lipinski definition) is 2. The van der Waals surface area contributed by atoms with Gasteiger partial charge in [-0.1, -0.05) is 50.6 Å². The number of hydrogen-bond donors (Lipinski definition) is 0. The maximum absolute atomic E-state index is 5.37. The summed E-state index contributed by atoms with van der Waals surface area (Å²) in [5, 5.41) is 0. The van der Waals surface area contributed by atoms with E-state index in [1.807, 2.05) is 37.3 Å². The van der Waals surface area contributed by atoms with Crippen LogP contribution in [0.2, 0.25) is 0 Å². The second-order valence-corrected chi connectivity index (χ2v) is 4.37. The molecule has 0 aliphatic rings. The first-order valence-electron chi connectivity index (χ1n) is 7.20. The van der Waals surface area contributed by atoms with E-state index >= 15 is 0 Å². The highest BCUT2D eigenvalue weighted by molar-refractivity contribution is 5.63. The van der Waals surface area contributed by atoms with Crippen LogP contribution in [0.3, 0.4) is 0 Å². The predicted molar refractivity (Wildman–Crippen MR) is 85.6 cm³/mol. The zero-order chi connectivity index (χ0) is 14.6. The third-order valence-electron chi connectivity index (χ3n) is 2.42. The van der Waals surface area contributed by atoms with Gasteiger partial charge in [0, 0.05) is 12.2 Å². The van der Waals surface area contributed by atoms with E-state index < -0.39 is 0 Å². The SMILES string of the molecule is CCC.CCOC/C=C/c1cccc(-c2ccco2)c1. The molecule has 2 aromatic rings. The van der Waals surface area contributed by atoms with Crippen molar-refractivity contribution in [2.75, 3.05) is 13.2 Å². The molecule has 0 saturated heterocycles. The van der Waals surface area contributed by atoms with E-state index in [0.29, 0.717) is 6.61 Å². The molecule has 0 aliphatic heterocycles. The van der Waals surface area contributed by atoms with Gasteiger partial charge in [-0.25, -0.2) is 0 Å². The zero-order valence-corrected chi connectivity index (χ0v) is 12.6. The Morgan fingerprint density at radius 2 is 1.90 bits per heavy atom. The molecule has 0 unspecified atom stereocenters. The van der Waals surface area contributed by atoms with Gasteiger partial charge in [0.05, 0.1) is 12.9 Å². The van der Waals surface area contributed by atoms with Gasteiger partial charge in [0.1, 0.15) is 5.76 Å². The maximum Gasteiger partial charge on any atom is 0.133 e. The highest BCUT2D eigenvalue weighted by Gasteiger charge is 1.99. The van der Waals surface area contributed by atoms with Crippen LogP contribution in [0.5, 0.6) is 0 Å². The molecule has 1 aromatic heterocycles. The van der Waals surface area contributed by atoms with E-state index in [0.717, 1.165) is 23.5 Å². The number of benzene rings is 1. The van der Waals surface area contributed by atoms with Crippen molar-refractivity contribution in [3.05, 3.63) is 54.3 Å². The van der Waals surface area contributed by atoms with Crippen LogP contribution in [0.4, 0.5) is 0 Å². The molecular formula is C18H24O2. The number of ether oxygens (including phenoxy) is 1. The van der Waals surface area contributed by atoms with Crippen molar-refractivity contribution in [1.82, 2.24) is 0 Å². The van der Waals surface area contributed by atoms with Crippen molar-refractivity contribution in [2.45, 2.75) is 27.2 Å². The zero-order valence-electron chi connectivity index (χ0n) is 12.6. The predicted octanol–water partition coefficient (Wildman–Crippen LogP) is 5.41. The minimum absolute atomic E-state index is 0.654. The molecule has 0 amide bonds. The van der Waals surface area contributed by atoms with E-state index in [9.17, 15) is 0 Å². The van der Waals surface area contributed by atoms with E-state index in [1.165, 1.54) is 6.42 Å². The molecule has 0 N–H and O–H groups in total. The van der Waals surface area contributed by atoms with Crippen molar-refractivity contribution in [2.24, 2.45) is 0 Å². The van der Waals surface area contributed by atoms with Crippen LogP contribution >= 0.6 is 0 Å². The van der Waals surface area contributed by atoms with Gasteiger partial charge in [-0.2, -0.15) is 0 Å². The van der Waals surface area contributed by atoms with Crippen molar-refractivity contribution in [1.29, 1.82) is 0 Å². The summed E-state index contributed by atoms with van der Waals surface area (Å²) < 4.78 is 10.6. The first kappa shape index (κ1) is 16.3. The second-order valence-electron chi connectivity index (χ2n) is 4.37. The quantitative estimate of drug-likeness (QED) is 0.679. The molecule has 0 spiro atoms. The van der Waals surface area contributed by atoms with Gasteiger partial charge in [0.25, 0.3) is 0 Å². The molecule has 0 saturated carbocycles. The summed E-state index contributed by atoms with van der Waals surface area (Å²) in [4.78, 5) is 0. The van der Waals surface area contributed by atoms with Crippen LogP contribution in [0, 0.1) is 0 Å². The summed E-state index contributed by atoms with van der Waals surface area (Å²) in [6, 6.07) is 12.1. The number of furan rings is 1. The molecule has 0 radical (unpaired) electrons. The standard InChI is InChI=1S/C15H16O2.C3H8/c1-2-16-10-4-7-13-6-3-8-14(12-13)15-9-5-11-17-15;1-3-2/h3-9,11-12H,2,10H2,1H3;3H2,1-2H3/b7-4+;. The van der Waals surface area contributed by atoms with Crippen molar-refractivity contribution >= 4 is 6.08 Å². The third-order valence-corrected chi connectivity index (χ3v) is 2.42. The Balaban J connectivity index is 0.000000612. The fourth-order valence-corrected chi connectivity index (χ4v) is 1.61. The fraction of sp³-hybridized carbons (Fsp3) is 0.333. The lowest BCUT2D eigenvalue weighted by Gasteiger charge is -1.99. The van der Waals surface area contributed by atoms with Gasteiger partial charge in [-0.05, 0) is 30.7 Å². The fourth-order valence-electron chi connectivity index (χ4n) is 1.61. The lowest BCUT2D eigenvalue weighted by Crippen LogP contribution is -1.87. The minimum Gasteiger partial charge on any atom is -0.464 e. The van der Waals surface area contributed by atoms with Crippen LogP contribution in [0.1, 0.15) is 32.8 Å². The van der Waals surface area contributed by atoms with Gasteiger partial charge >= 0.3 is 0 Å². The van der Waals surface area contributed by atoms with E-state index in [1.54, 1.807) is 6.26 Å². The van der Waals surface area contributed by atoms with Gasteiger partial charge in [-0.15, -0.1) is 0 Å². The van der Waals surface area contributed by atoms with Crippen molar-refractivity contribution < 1.29 is 9.15 Å². The molecule has 2 nitrogen and oxygen atoms in total.